The maximum atomic E-state index is 4.32. The third kappa shape index (κ3) is 3.44. The lowest BCUT2D eigenvalue weighted by atomic mass is 10.0. The third-order valence-corrected chi connectivity index (χ3v) is 6.01. The van der Waals surface area contributed by atoms with Gasteiger partial charge in [0.05, 0.1) is 0 Å². The fraction of sp³-hybridized carbons (Fsp3) is 0.700. The molecule has 1 unspecified atom stereocenters. The first kappa shape index (κ1) is 14.9. The Morgan fingerprint density at radius 2 is 1.52 bits per heavy atom. The van der Waals surface area contributed by atoms with E-state index in [0.717, 1.165) is 37.1 Å². The Morgan fingerprint density at radius 1 is 0.952 bits per heavy atom. The van der Waals surface area contributed by atoms with Crippen LogP contribution in [0.4, 0.5) is 0 Å². The van der Waals surface area contributed by atoms with Crippen LogP contribution < -0.4 is 0 Å². The summed E-state index contributed by atoms with van der Waals surface area (Å²) in [5.74, 6) is 3.15. The van der Waals surface area contributed by atoms with Gasteiger partial charge in [-0.2, -0.15) is 0 Å². The molecule has 0 bridgehead atoms. The summed E-state index contributed by atoms with van der Waals surface area (Å²) in [5.41, 5.74) is 3.84. The molecular formula is C20H31N. The third-order valence-electron chi connectivity index (χ3n) is 6.01. The maximum Gasteiger partial charge on any atom is 0.0432 e. The molecule has 0 spiro atoms. The van der Waals surface area contributed by atoms with Gasteiger partial charge in [-0.15, -0.1) is 0 Å². The molecule has 0 N–H and O–H groups in total. The molecule has 116 valence electrons. The molecule has 2 aliphatic carbocycles. The Kier molecular flexibility index (Phi) is 4.57. The molecule has 3 rings (SSSR count). The highest BCUT2D eigenvalue weighted by molar-refractivity contribution is 5.19. The summed E-state index contributed by atoms with van der Waals surface area (Å²) in [7, 11) is 0. The first-order valence-corrected chi connectivity index (χ1v) is 8.96. The fourth-order valence-corrected chi connectivity index (χ4v) is 4.60. The summed E-state index contributed by atoms with van der Waals surface area (Å²) in [6.07, 6.45) is 13.7. The second-order valence-corrected chi connectivity index (χ2v) is 7.49. The summed E-state index contributed by atoms with van der Waals surface area (Å²) in [5, 5.41) is 0. The molecule has 3 atom stereocenters. The van der Waals surface area contributed by atoms with E-state index in [0.29, 0.717) is 0 Å². The van der Waals surface area contributed by atoms with Crippen LogP contribution in [0.25, 0.3) is 0 Å². The highest BCUT2D eigenvalue weighted by Gasteiger charge is 2.47. The summed E-state index contributed by atoms with van der Waals surface area (Å²) in [6, 6.07) is 0. The van der Waals surface area contributed by atoms with E-state index in [1.165, 1.54) is 68.3 Å². The Bertz CT molecular complexity index is 403. The predicted molar refractivity (Wildman–Crippen MR) is 90.8 cm³/mol. The molecule has 0 aromatic carbocycles. The van der Waals surface area contributed by atoms with Gasteiger partial charge in [0.25, 0.3) is 0 Å². The number of hydrogen-bond acceptors (Lipinski definition) is 1. The van der Waals surface area contributed by atoms with Gasteiger partial charge in [0.1, 0.15) is 0 Å². The van der Waals surface area contributed by atoms with Gasteiger partial charge < -0.3 is 4.90 Å². The van der Waals surface area contributed by atoms with Gasteiger partial charge in [0.15, 0.2) is 0 Å². The van der Waals surface area contributed by atoms with Crippen LogP contribution in [0, 0.1) is 17.8 Å². The van der Waals surface area contributed by atoms with Gasteiger partial charge in [-0.25, -0.2) is 0 Å². The van der Waals surface area contributed by atoms with Crippen molar-refractivity contribution in [2.75, 3.05) is 6.54 Å². The predicted octanol–water partition coefficient (Wildman–Crippen LogP) is 5.66. The van der Waals surface area contributed by atoms with Crippen LogP contribution in [0.1, 0.15) is 64.2 Å². The van der Waals surface area contributed by atoms with Crippen LogP contribution in [0.3, 0.4) is 0 Å². The first-order valence-electron chi connectivity index (χ1n) is 8.96. The number of rotatable bonds is 5. The van der Waals surface area contributed by atoms with E-state index in [4.69, 9.17) is 0 Å². The molecule has 2 saturated carbocycles. The molecule has 1 heterocycles. The molecule has 1 nitrogen and oxygen atoms in total. The van der Waals surface area contributed by atoms with Gasteiger partial charge in [-0.3, -0.25) is 0 Å². The molecule has 21 heavy (non-hydrogen) atoms. The highest BCUT2D eigenvalue weighted by Crippen LogP contribution is 2.55. The molecule has 0 radical (unpaired) electrons. The Hall–Kier alpha value is -0.980. The Morgan fingerprint density at radius 3 is 2.10 bits per heavy atom. The monoisotopic (exact) mass is 285 g/mol. The Labute approximate surface area is 130 Å². The minimum atomic E-state index is 0.958. The van der Waals surface area contributed by atoms with E-state index in [2.05, 4.69) is 24.6 Å². The van der Waals surface area contributed by atoms with Crippen molar-refractivity contribution in [2.45, 2.75) is 64.2 Å². The lowest BCUT2D eigenvalue weighted by molar-refractivity contribution is 0.483. The van der Waals surface area contributed by atoms with Crippen molar-refractivity contribution in [1.82, 2.24) is 4.90 Å². The molecule has 0 amide bonds. The van der Waals surface area contributed by atoms with E-state index >= 15 is 0 Å². The fourth-order valence-electron chi connectivity index (χ4n) is 4.60. The van der Waals surface area contributed by atoms with Crippen LogP contribution in [-0.2, 0) is 0 Å². The minimum absolute atomic E-state index is 0.958. The molecule has 3 fully saturated rings. The molecule has 1 heteroatoms. The molecular weight excluding hydrogens is 254 g/mol. The van der Waals surface area contributed by atoms with Crippen LogP contribution in [0.15, 0.2) is 36.7 Å². The summed E-state index contributed by atoms with van der Waals surface area (Å²) in [6.45, 7) is 13.6. The highest BCUT2D eigenvalue weighted by atomic mass is 15.2. The second kappa shape index (κ2) is 6.42. The summed E-state index contributed by atoms with van der Waals surface area (Å²) in [4.78, 5) is 2.29. The number of fused-ring (bicyclic) bond motifs is 1. The number of likely N-dealkylation sites (tertiary alicyclic amines) is 1. The maximum absolute atomic E-state index is 4.32. The van der Waals surface area contributed by atoms with Crippen molar-refractivity contribution in [3.63, 3.8) is 0 Å². The molecule has 3 aliphatic rings. The zero-order chi connectivity index (χ0) is 14.8. The average Bonchev–Trinajstić information content (AvgIpc) is 2.98. The van der Waals surface area contributed by atoms with E-state index in [1.807, 2.05) is 0 Å². The van der Waals surface area contributed by atoms with Gasteiger partial charge >= 0.3 is 0 Å². The van der Waals surface area contributed by atoms with Crippen LogP contribution in [0.2, 0.25) is 0 Å². The van der Waals surface area contributed by atoms with Gasteiger partial charge in [0.2, 0.25) is 0 Å². The SMILES string of the molecule is C=C(CCC1[C@H]2CCCCCC[C@@H]12)CN1C(=C)CCC1=C. The quantitative estimate of drug-likeness (QED) is 0.589. The van der Waals surface area contributed by atoms with Crippen molar-refractivity contribution in [2.24, 2.45) is 17.8 Å². The zero-order valence-electron chi connectivity index (χ0n) is 13.6. The van der Waals surface area contributed by atoms with Crippen molar-refractivity contribution in [3.8, 4) is 0 Å². The van der Waals surface area contributed by atoms with Crippen molar-refractivity contribution in [3.05, 3.63) is 36.7 Å². The molecule has 0 aromatic rings. The normalized spacial score (nSPS) is 32.6. The first-order chi connectivity index (χ1) is 10.2. The number of nitrogens with zero attached hydrogens (tertiary/aromatic N) is 1. The molecule has 0 aromatic heterocycles. The van der Waals surface area contributed by atoms with E-state index < -0.39 is 0 Å². The zero-order valence-corrected chi connectivity index (χ0v) is 13.6. The Balaban J connectivity index is 1.42. The van der Waals surface area contributed by atoms with Gasteiger partial charge in [-0.05, 0) is 56.3 Å². The second-order valence-electron chi connectivity index (χ2n) is 7.49. The van der Waals surface area contributed by atoms with E-state index in [-0.39, 0.29) is 0 Å². The standard InChI is InChI=1S/C20H31N/c1-15(14-21-16(2)11-12-17(21)3)10-13-20-18-8-6-4-5-7-9-19(18)20/h18-20H,1-14H2/t18-,19+,20?. The number of hydrogen-bond donors (Lipinski definition) is 0. The molecule has 1 aliphatic heterocycles. The van der Waals surface area contributed by atoms with E-state index in [1.54, 1.807) is 0 Å². The van der Waals surface area contributed by atoms with Crippen LogP contribution in [-0.4, -0.2) is 11.4 Å². The number of allylic oxidation sites excluding steroid dienone is 2. The topological polar surface area (TPSA) is 3.24 Å². The largest absolute Gasteiger partial charge is 0.346 e. The van der Waals surface area contributed by atoms with Gasteiger partial charge in [-0.1, -0.05) is 51.0 Å². The lowest BCUT2D eigenvalue weighted by Crippen LogP contribution is -2.18. The van der Waals surface area contributed by atoms with Crippen LogP contribution in [0.5, 0.6) is 0 Å². The summed E-state index contributed by atoms with van der Waals surface area (Å²) < 4.78 is 0. The van der Waals surface area contributed by atoms with Crippen molar-refractivity contribution < 1.29 is 0 Å². The minimum Gasteiger partial charge on any atom is -0.346 e. The van der Waals surface area contributed by atoms with Crippen LogP contribution >= 0.6 is 0 Å². The average molecular weight is 285 g/mol. The van der Waals surface area contributed by atoms with E-state index in [9.17, 15) is 0 Å². The lowest BCUT2D eigenvalue weighted by Gasteiger charge is -2.22. The smallest absolute Gasteiger partial charge is 0.0432 e. The molecule has 1 saturated heterocycles. The van der Waals surface area contributed by atoms with Gasteiger partial charge in [0, 0.05) is 17.9 Å². The van der Waals surface area contributed by atoms with Crippen molar-refractivity contribution >= 4 is 0 Å². The summed E-state index contributed by atoms with van der Waals surface area (Å²) >= 11 is 0. The van der Waals surface area contributed by atoms with Crippen molar-refractivity contribution in [1.29, 1.82) is 0 Å².